The van der Waals surface area contributed by atoms with E-state index in [9.17, 15) is 14.4 Å². The molecule has 2 saturated carbocycles. The van der Waals surface area contributed by atoms with Crippen molar-refractivity contribution in [3.8, 4) is 0 Å². The van der Waals surface area contributed by atoms with Gasteiger partial charge in [-0.2, -0.15) is 0 Å². The van der Waals surface area contributed by atoms with Gasteiger partial charge in [0.05, 0.1) is 0 Å². The highest BCUT2D eigenvalue weighted by atomic mass is 16.2. The molecule has 1 aromatic rings. The molecule has 5 amide bonds. The molecule has 0 spiro atoms. The molecule has 0 heterocycles. The van der Waals surface area contributed by atoms with Gasteiger partial charge in [0.1, 0.15) is 0 Å². The molecule has 0 aliphatic heterocycles. The first-order chi connectivity index (χ1) is 14.1. The van der Waals surface area contributed by atoms with Gasteiger partial charge in [-0.15, -0.1) is 0 Å². The van der Waals surface area contributed by atoms with Crippen molar-refractivity contribution in [2.75, 3.05) is 5.32 Å². The second kappa shape index (κ2) is 10.7. The number of benzene rings is 1. The third-order valence-corrected chi connectivity index (χ3v) is 5.58. The van der Waals surface area contributed by atoms with E-state index in [-0.39, 0.29) is 18.1 Å². The summed E-state index contributed by atoms with van der Waals surface area (Å²) >= 11 is 0. The maximum atomic E-state index is 12.2. The highest BCUT2D eigenvalue weighted by Gasteiger charge is 2.17. The van der Waals surface area contributed by atoms with E-state index < -0.39 is 11.9 Å². The minimum absolute atomic E-state index is 0.172. The standard InChI is InChI=1S/C21H31N5O3/c27-19(25-26-21(29)24-17-9-5-2-6-10-17)15-11-13-18(14-12-15)23-20(28)22-16-7-3-1-4-8-16/h11-14,16-17H,1-10H2,(H,25,27)(H2,22,23,28)(H2,24,26,29). The Kier molecular flexibility index (Phi) is 7.72. The molecule has 8 nitrogen and oxygen atoms in total. The fourth-order valence-electron chi connectivity index (χ4n) is 3.96. The molecule has 8 heteroatoms. The Labute approximate surface area is 171 Å². The van der Waals surface area contributed by atoms with Gasteiger partial charge in [-0.1, -0.05) is 38.5 Å². The predicted molar refractivity (Wildman–Crippen MR) is 111 cm³/mol. The number of nitrogens with one attached hydrogen (secondary N) is 5. The molecule has 0 unspecified atom stereocenters. The minimum atomic E-state index is -0.415. The molecular weight excluding hydrogens is 370 g/mol. The lowest BCUT2D eigenvalue weighted by atomic mass is 9.96. The lowest BCUT2D eigenvalue weighted by Crippen LogP contribution is -2.50. The van der Waals surface area contributed by atoms with Gasteiger partial charge < -0.3 is 16.0 Å². The zero-order valence-electron chi connectivity index (χ0n) is 16.8. The van der Waals surface area contributed by atoms with Crippen molar-refractivity contribution in [3.05, 3.63) is 29.8 Å². The first kappa shape index (κ1) is 21.0. The SMILES string of the molecule is O=C(NNC(=O)c1ccc(NC(=O)NC2CCCCC2)cc1)NC1CCCCC1. The number of hydrogen-bond donors (Lipinski definition) is 5. The summed E-state index contributed by atoms with van der Waals surface area (Å²) in [4.78, 5) is 36.2. The van der Waals surface area contributed by atoms with Gasteiger partial charge in [-0.3, -0.25) is 10.2 Å². The zero-order chi connectivity index (χ0) is 20.5. The van der Waals surface area contributed by atoms with Gasteiger partial charge in [-0.05, 0) is 49.9 Å². The quantitative estimate of drug-likeness (QED) is 0.498. The van der Waals surface area contributed by atoms with E-state index in [4.69, 9.17) is 0 Å². The Balaban J connectivity index is 1.39. The van der Waals surface area contributed by atoms with E-state index in [0.29, 0.717) is 11.3 Å². The number of hydrazine groups is 1. The van der Waals surface area contributed by atoms with Crippen LogP contribution in [0.4, 0.5) is 15.3 Å². The Morgan fingerprint density at radius 1 is 0.655 bits per heavy atom. The van der Waals surface area contributed by atoms with E-state index in [1.165, 1.54) is 12.8 Å². The Hall–Kier alpha value is -2.77. The monoisotopic (exact) mass is 401 g/mol. The molecule has 0 bridgehead atoms. The van der Waals surface area contributed by atoms with E-state index in [2.05, 4.69) is 26.8 Å². The second-order valence-electron chi connectivity index (χ2n) is 7.90. The van der Waals surface area contributed by atoms with Crippen molar-refractivity contribution in [2.45, 2.75) is 76.3 Å². The van der Waals surface area contributed by atoms with Crippen LogP contribution in [0.25, 0.3) is 0 Å². The maximum absolute atomic E-state index is 12.2. The summed E-state index contributed by atoms with van der Waals surface area (Å²) in [5.74, 6) is -0.415. The smallest absolute Gasteiger partial charge is 0.333 e. The van der Waals surface area contributed by atoms with Crippen LogP contribution in [0, 0.1) is 0 Å². The molecule has 2 fully saturated rings. The summed E-state index contributed by atoms with van der Waals surface area (Å²) in [6, 6.07) is 6.32. The highest BCUT2D eigenvalue weighted by Crippen LogP contribution is 2.18. The van der Waals surface area contributed by atoms with Crippen molar-refractivity contribution in [1.29, 1.82) is 0 Å². The summed E-state index contributed by atoms with van der Waals surface area (Å²) in [6.45, 7) is 0. The van der Waals surface area contributed by atoms with Crippen LogP contribution in [0.2, 0.25) is 0 Å². The molecular formula is C21H31N5O3. The molecule has 2 aliphatic carbocycles. The second-order valence-corrected chi connectivity index (χ2v) is 7.90. The van der Waals surface area contributed by atoms with Crippen LogP contribution in [0.3, 0.4) is 0 Å². The number of amides is 5. The van der Waals surface area contributed by atoms with Gasteiger partial charge in [0.2, 0.25) is 0 Å². The number of rotatable bonds is 4. The maximum Gasteiger partial charge on any atom is 0.333 e. The van der Waals surface area contributed by atoms with E-state index in [1.807, 2.05) is 0 Å². The van der Waals surface area contributed by atoms with E-state index in [1.54, 1.807) is 24.3 Å². The topological polar surface area (TPSA) is 111 Å². The lowest BCUT2D eigenvalue weighted by molar-refractivity contribution is 0.0935. The third-order valence-electron chi connectivity index (χ3n) is 5.58. The van der Waals surface area contributed by atoms with Crippen LogP contribution in [0.1, 0.15) is 74.6 Å². The van der Waals surface area contributed by atoms with Crippen LogP contribution >= 0.6 is 0 Å². The first-order valence-corrected chi connectivity index (χ1v) is 10.6. The Bertz CT molecular complexity index is 695. The first-order valence-electron chi connectivity index (χ1n) is 10.6. The minimum Gasteiger partial charge on any atom is -0.335 e. The fourth-order valence-corrected chi connectivity index (χ4v) is 3.96. The molecule has 0 atom stereocenters. The molecule has 158 valence electrons. The van der Waals surface area contributed by atoms with E-state index in [0.717, 1.165) is 51.4 Å². The summed E-state index contributed by atoms with van der Waals surface area (Å²) in [5.41, 5.74) is 5.79. The molecule has 0 aromatic heterocycles. The van der Waals surface area contributed by atoms with Crippen LogP contribution in [-0.4, -0.2) is 30.1 Å². The Morgan fingerprint density at radius 3 is 1.72 bits per heavy atom. The van der Waals surface area contributed by atoms with Gasteiger partial charge in [0.25, 0.3) is 5.91 Å². The largest absolute Gasteiger partial charge is 0.335 e. The average Bonchev–Trinajstić information content (AvgIpc) is 2.74. The van der Waals surface area contributed by atoms with E-state index >= 15 is 0 Å². The molecule has 0 saturated heterocycles. The number of anilines is 1. The average molecular weight is 402 g/mol. The van der Waals surface area contributed by atoms with Gasteiger partial charge in [-0.25, -0.2) is 15.0 Å². The summed E-state index contributed by atoms with van der Waals surface area (Å²) in [5, 5.41) is 8.65. The number of urea groups is 2. The van der Waals surface area contributed by atoms with Crippen LogP contribution < -0.4 is 26.8 Å². The number of hydrogen-bond acceptors (Lipinski definition) is 3. The molecule has 5 N–H and O–H groups in total. The van der Waals surface area contributed by atoms with Gasteiger partial charge in [0.15, 0.2) is 0 Å². The van der Waals surface area contributed by atoms with Crippen molar-refractivity contribution in [2.24, 2.45) is 0 Å². The van der Waals surface area contributed by atoms with Crippen LogP contribution in [-0.2, 0) is 0 Å². The zero-order valence-corrected chi connectivity index (χ0v) is 16.8. The number of carbonyl (C=O) groups excluding carboxylic acids is 3. The normalized spacial score (nSPS) is 17.8. The van der Waals surface area contributed by atoms with Crippen molar-refractivity contribution < 1.29 is 14.4 Å². The van der Waals surface area contributed by atoms with Gasteiger partial charge >= 0.3 is 12.1 Å². The third kappa shape index (κ3) is 6.96. The van der Waals surface area contributed by atoms with Gasteiger partial charge in [0, 0.05) is 23.3 Å². The summed E-state index contributed by atoms with van der Waals surface area (Å²) < 4.78 is 0. The van der Waals surface area contributed by atoms with Crippen LogP contribution in [0.5, 0.6) is 0 Å². The summed E-state index contributed by atoms with van der Waals surface area (Å²) in [6.07, 6.45) is 11.0. The molecule has 3 rings (SSSR count). The molecule has 1 aromatic carbocycles. The predicted octanol–water partition coefficient (Wildman–Crippen LogP) is 3.42. The lowest BCUT2D eigenvalue weighted by Gasteiger charge is -2.23. The Morgan fingerprint density at radius 2 is 1.17 bits per heavy atom. The summed E-state index contributed by atoms with van der Waals surface area (Å²) in [7, 11) is 0. The van der Waals surface area contributed by atoms with Crippen molar-refractivity contribution in [1.82, 2.24) is 21.5 Å². The highest BCUT2D eigenvalue weighted by molar-refractivity contribution is 5.96. The van der Waals surface area contributed by atoms with Crippen molar-refractivity contribution >= 4 is 23.7 Å². The molecule has 2 aliphatic rings. The molecule has 0 radical (unpaired) electrons. The molecule has 29 heavy (non-hydrogen) atoms. The fraction of sp³-hybridized carbons (Fsp3) is 0.571. The van der Waals surface area contributed by atoms with Crippen LogP contribution in [0.15, 0.2) is 24.3 Å². The number of carbonyl (C=O) groups is 3. The van der Waals surface area contributed by atoms with Crippen molar-refractivity contribution in [3.63, 3.8) is 0 Å².